The molecule has 2 atom stereocenters. The van der Waals surface area contributed by atoms with Gasteiger partial charge >= 0.3 is 6.03 Å². The summed E-state index contributed by atoms with van der Waals surface area (Å²) >= 11 is 0. The molecular weight excluding hydrogens is 452 g/mol. The number of halogens is 2. The van der Waals surface area contributed by atoms with Gasteiger partial charge in [0.2, 0.25) is 0 Å². The number of carbonyl (C=O) groups excluding carboxylic acids is 1. The second-order valence-corrected chi connectivity index (χ2v) is 9.14. The average Bonchev–Trinajstić information content (AvgIpc) is 3.54. The Balaban J connectivity index is 1.37. The van der Waals surface area contributed by atoms with Crippen LogP contribution in [0.25, 0.3) is 5.69 Å². The van der Waals surface area contributed by atoms with Crippen LogP contribution in [0.1, 0.15) is 29.2 Å². The molecule has 1 aliphatic heterocycles. The van der Waals surface area contributed by atoms with Crippen LogP contribution in [0.3, 0.4) is 0 Å². The van der Waals surface area contributed by atoms with E-state index in [9.17, 15) is 13.6 Å². The molecule has 2 unspecified atom stereocenters. The third-order valence-corrected chi connectivity index (χ3v) is 6.78. The van der Waals surface area contributed by atoms with E-state index in [4.69, 9.17) is 9.84 Å². The molecule has 2 aliphatic rings. The van der Waals surface area contributed by atoms with Gasteiger partial charge in [-0.25, -0.2) is 18.3 Å². The van der Waals surface area contributed by atoms with Gasteiger partial charge < -0.3 is 10.1 Å². The second-order valence-electron chi connectivity index (χ2n) is 9.14. The number of urea groups is 1. The van der Waals surface area contributed by atoms with Crippen molar-refractivity contribution in [1.29, 1.82) is 0 Å². The summed E-state index contributed by atoms with van der Waals surface area (Å²) < 4.78 is 34.9. The number of rotatable bonds is 7. The van der Waals surface area contributed by atoms with E-state index in [-0.39, 0.29) is 18.0 Å². The zero-order valence-corrected chi connectivity index (χ0v) is 19.6. The van der Waals surface area contributed by atoms with Crippen molar-refractivity contribution in [2.24, 2.45) is 0 Å². The number of fused-ring (bicyclic) bond motifs is 1. The van der Waals surface area contributed by atoms with Crippen LogP contribution in [-0.2, 0) is 17.6 Å². The molecule has 0 saturated carbocycles. The summed E-state index contributed by atoms with van der Waals surface area (Å²) in [5.74, 6) is -0.835. The first kappa shape index (κ1) is 23.4. The molecule has 1 fully saturated rings. The minimum atomic E-state index is -0.624. The average molecular weight is 482 g/mol. The largest absolute Gasteiger partial charge is 0.383 e. The molecule has 35 heavy (non-hydrogen) atoms. The van der Waals surface area contributed by atoms with Crippen LogP contribution >= 0.6 is 0 Å². The van der Waals surface area contributed by atoms with Gasteiger partial charge in [-0.15, -0.1) is 0 Å². The minimum absolute atomic E-state index is 0.257. The molecule has 1 aliphatic carbocycles. The lowest BCUT2D eigenvalue weighted by atomic mass is 9.94. The number of hydrogen-bond acceptors (Lipinski definition) is 4. The first-order valence-electron chi connectivity index (χ1n) is 11.9. The number of amides is 2. The Morgan fingerprint density at radius 2 is 1.89 bits per heavy atom. The number of hydrogen-bond donors (Lipinski definition) is 2. The van der Waals surface area contributed by atoms with Crippen LogP contribution in [0, 0.1) is 11.6 Å². The maximum Gasteiger partial charge on any atom is 0.320 e. The number of benzene rings is 2. The van der Waals surface area contributed by atoms with E-state index >= 15 is 0 Å². The number of likely N-dealkylation sites (tertiary alicyclic amines) is 1. The zero-order chi connectivity index (χ0) is 24.4. The maximum atomic E-state index is 14.0. The topological polar surface area (TPSA) is 71.4 Å². The van der Waals surface area contributed by atoms with Crippen molar-refractivity contribution in [2.45, 2.75) is 31.2 Å². The summed E-state index contributed by atoms with van der Waals surface area (Å²) in [6.45, 7) is 2.31. The number of nitrogens with zero attached hydrogens (tertiary/aromatic N) is 3. The SMILES string of the molecule is COCCN1CC(NC(=O)Nc2c3c(nn2-c2ccccc2)CCC3)C(c2cc(F)cc(F)c2)C1. The van der Waals surface area contributed by atoms with E-state index < -0.39 is 11.6 Å². The molecule has 2 aromatic carbocycles. The number of ether oxygens (including phenoxy) is 1. The van der Waals surface area contributed by atoms with Gasteiger partial charge in [0, 0.05) is 44.3 Å². The molecule has 2 N–H and O–H groups in total. The molecule has 5 rings (SSSR count). The zero-order valence-electron chi connectivity index (χ0n) is 19.6. The summed E-state index contributed by atoms with van der Waals surface area (Å²) in [5.41, 5.74) is 3.46. The Morgan fingerprint density at radius 1 is 1.11 bits per heavy atom. The fraction of sp³-hybridized carbons (Fsp3) is 0.385. The molecule has 1 saturated heterocycles. The van der Waals surface area contributed by atoms with Gasteiger partial charge in [0.05, 0.1) is 24.0 Å². The molecule has 2 amide bonds. The van der Waals surface area contributed by atoms with Crippen LogP contribution in [0.15, 0.2) is 48.5 Å². The predicted molar refractivity (Wildman–Crippen MR) is 129 cm³/mol. The van der Waals surface area contributed by atoms with Gasteiger partial charge in [0.15, 0.2) is 0 Å². The Hall–Kier alpha value is -3.30. The highest BCUT2D eigenvalue weighted by Gasteiger charge is 2.35. The third kappa shape index (κ3) is 5.06. The highest BCUT2D eigenvalue weighted by atomic mass is 19.1. The highest BCUT2D eigenvalue weighted by Crippen LogP contribution is 2.32. The summed E-state index contributed by atoms with van der Waals surface area (Å²) in [7, 11) is 1.63. The number of carbonyl (C=O) groups is 1. The van der Waals surface area contributed by atoms with Gasteiger partial charge in [-0.05, 0) is 49.1 Å². The third-order valence-electron chi connectivity index (χ3n) is 6.78. The van der Waals surface area contributed by atoms with Crippen molar-refractivity contribution in [2.75, 3.05) is 38.7 Å². The molecule has 2 heterocycles. The lowest BCUT2D eigenvalue weighted by Gasteiger charge is -2.21. The maximum absolute atomic E-state index is 14.0. The molecule has 0 radical (unpaired) electrons. The molecule has 1 aromatic heterocycles. The van der Waals surface area contributed by atoms with E-state index in [0.717, 1.165) is 42.3 Å². The smallest absolute Gasteiger partial charge is 0.320 e. The summed E-state index contributed by atoms with van der Waals surface area (Å²) in [5, 5.41) is 10.8. The first-order chi connectivity index (χ1) is 17.0. The number of para-hydroxylation sites is 1. The van der Waals surface area contributed by atoms with Crippen molar-refractivity contribution < 1.29 is 18.3 Å². The van der Waals surface area contributed by atoms with Crippen molar-refractivity contribution in [3.05, 3.63) is 77.0 Å². The van der Waals surface area contributed by atoms with Crippen LogP contribution < -0.4 is 10.6 Å². The van der Waals surface area contributed by atoms with Gasteiger partial charge in [0.25, 0.3) is 0 Å². The molecule has 0 spiro atoms. The van der Waals surface area contributed by atoms with Gasteiger partial charge in [-0.2, -0.15) is 5.10 Å². The second kappa shape index (κ2) is 10.1. The van der Waals surface area contributed by atoms with E-state index in [1.54, 1.807) is 11.8 Å². The van der Waals surface area contributed by atoms with Crippen molar-refractivity contribution in [3.8, 4) is 5.69 Å². The molecule has 184 valence electrons. The van der Waals surface area contributed by atoms with Gasteiger partial charge in [0.1, 0.15) is 17.5 Å². The Bertz CT molecular complexity index is 1180. The molecule has 0 bridgehead atoms. The first-order valence-corrected chi connectivity index (χ1v) is 11.9. The van der Waals surface area contributed by atoms with E-state index in [1.807, 2.05) is 30.3 Å². The quantitative estimate of drug-likeness (QED) is 0.538. The normalized spacial score (nSPS) is 19.6. The van der Waals surface area contributed by atoms with Crippen LogP contribution in [-0.4, -0.2) is 60.1 Å². The standard InChI is InChI=1S/C26H29F2N5O2/c1-35-11-10-32-15-22(17-12-18(27)14-19(28)13-17)24(16-32)29-26(34)30-25-21-8-5-9-23(21)31-33(25)20-6-3-2-4-7-20/h2-4,6-7,12-14,22,24H,5,8-11,15-16H2,1H3,(H2,29,30,34). The summed E-state index contributed by atoms with van der Waals surface area (Å²) in [6, 6.07) is 12.6. The van der Waals surface area contributed by atoms with Gasteiger partial charge in [-0.1, -0.05) is 18.2 Å². The van der Waals surface area contributed by atoms with E-state index in [2.05, 4.69) is 15.5 Å². The predicted octanol–water partition coefficient (Wildman–Crippen LogP) is 3.88. The summed E-state index contributed by atoms with van der Waals surface area (Å²) in [4.78, 5) is 15.4. The lowest BCUT2D eigenvalue weighted by molar-refractivity contribution is 0.159. The highest BCUT2D eigenvalue weighted by molar-refractivity contribution is 5.90. The minimum Gasteiger partial charge on any atom is -0.383 e. The van der Waals surface area contributed by atoms with Gasteiger partial charge in [-0.3, -0.25) is 10.2 Å². The Morgan fingerprint density at radius 3 is 2.63 bits per heavy atom. The van der Waals surface area contributed by atoms with Crippen LogP contribution in [0.5, 0.6) is 0 Å². The fourth-order valence-electron chi connectivity index (χ4n) is 5.15. The molecule has 9 heteroatoms. The molecular formula is C26H29F2N5O2. The molecule has 3 aromatic rings. The fourth-order valence-corrected chi connectivity index (χ4v) is 5.15. The van der Waals surface area contributed by atoms with Crippen molar-refractivity contribution in [1.82, 2.24) is 20.0 Å². The van der Waals surface area contributed by atoms with Crippen LogP contribution in [0.4, 0.5) is 19.4 Å². The Kier molecular flexibility index (Phi) is 6.79. The lowest BCUT2D eigenvalue weighted by Crippen LogP contribution is -2.42. The van der Waals surface area contributed by atoms with E-state index in [1.165, 1.54) is 12.1 Å². The van der Waals surface area contributed by atoms with Crippen molar-refractivity contribution >= 4 is 11.8 Å². The number of methoxy groups -OCH3 is 1. The number of aromatic nitrogens is 2. The van der Waals surface area contributed by atoms with Crippen LogP contribution in [0.2, 0.25) is 0 Å². The number of nitrogens with one attached hydrogen (secondary N) is 2. The monoisotopic (exact) mass is 481 g/mol. The Labute approximate surface area is 203 Å². The van der Waals surface area contributed by atoms with Crippen molar-refractivity contribution in [3.63, 3.8) is 0 Å². The number of aryl methyl sites for hydroxylation is 1. The van der Waals surface area contributed by atoms with E-state index in [0.29, 0.717) is 37.6 Å². The number of anilines is 1. The summed E-state index contributed by atoms with van der Waals surface area (Å²) in [6.07, 6.45) is 2.75. The molecule has 7 nitrogen and oxygen atoms in total.